The Hall–Kier alpha value is -4.82. The van der Waals surface area contributed by atoms with Crippen molar-refractivity contribution < 1.29 is 0 Å². The smallest absolute Gasteiger partial charge is 0.0491 e. The van der Waals surface area contributed by atoms with Crippen molar-refractivity contribution in [1.29, 1.82) is 0 Å². The number of aromatic nitrogens is 2. The number of nitrogens with zero attached hydrogens (tertiary/aromatic N) is 2. The van der Waals surface area contributed by atoms with E-state index in [0.29, 0.717) is 0 Å². The zero-order chi connectivity index (χ0) is 44.1. The standard InChI is InChI=1S/C62H78N2/c1-5-9-13-17-23-47-29-35-59-55(43-47)56-44-48(24-18-14-10-6-2)30-36-60(56)63(59)41-39-52-34-33-51-27-21-22-28-53(51)54(52)40-42-64-61-37-31-49(25-19-15-11-7-3)45-57(61)58-46-50(32-38-62(58)64)26-20-16-12-8-4/h21-22,27-38,43-46H,5-20,23-26,39-42H2,1-4H3. The molecule has 0 saturated heterocycles. The van der Waals surface area contributed by atoms with Crippen molar-refractivity contribution in [2.24, 2.45) is 0 Å². The fraction of sp³-hybridized carbons (Fsp3) is 0.452. The largest absolute Gasteiger partial charge is 0.340 e. The Morgan fingerprint density at radius 3 is 1.08 bits per heavy atom. The highest BCUT2D eigenvalue weighted by atomic mass is 15.0. The van der Waals surface area contributed by atoms with Gasteiger partial charge in [-0.25, -0.2) is 0 Å². The number of hydrogen-bond donors (Lipinski definition) is 0. The monoisotopic (exact) mass is 851 g/mol. The van der Waals surface area contributed by atoms with E-state index in [2.05, 4.69) is 146 Å². The number of aryl methyl sites for hydroxylation is 8. The van der Waals surface area contributed by atoms with Crippen LogP contribution >= 0.6 is 0 Å². The lowest BCUT2D eigenvalue weighted by atomic mass is 9.94. The molecule has 0 N–H and O–H groups in total. The lowest BCUT2D eigenvalue weighted by molar-refractivity contribution is 0.667. The molecule has 0 radical (unpaired) electrons. The Labute approximate surface area is 386 Å². The van der Waals surface area contributed by atoms with Gasteiger partial charge in [0.05, 0.1) is 0 Å². The number of unbranched alkanes of at least 4 members (excludes halogenated alkanes) is 12. The molecule has 8 rings (SSSR count). The summed E-state index contributed by atoms with van der Waals surface area (Å²) in [5.74, 6) is 0. The second-order valence-corrected chi connectivity index (χ2v) is 19.4. The van der Waals surface area contributed by atoms with Crippen molar-refractivity contribution >= 4 is 54.4 Å². The molecule has 2 aromatic heterocycles. The van der Waals surface area contributed by atoms with Gasteiger partial charge in [0, 0.05) is 56.7 Å². The maximum Gasteiger partial charge on any atom is 0.0491 e. The van der Waals surface area contributed by atoms with Crippen LogP contribution in [-0.4, -0.2) is 9.13 Å². The molecule has 0 aliphatic heterocycles. The fourth-order valence-electron chi connectivity index (χ4n) is 10.9. The highest BCUT2D eigenvalue weighted by Crippen LogP contribution is 2.35. The molecular weight excluding hydrogens is 773 g/mol. The molecular formula is C62H78N2. The van der Waals surface area contributed by atoms with Crippen LogP contribution in [0.25, 0.3) is 54.4 Å². The van der Waals surface area contributed by atoms with Crippen LogP contribution in [0.3, 0.4) is 0 Å². The molecule has 0 aliphatic carbocycles. The van der Waals surface area contributed by atoms with Gasteiger partial charge in [-0.05, 0) is 157 Å². The first-order valence-electron chi connectivity index (χ1n) is 26.2. The van der Waals surface area contributed by atoms with E-state index in [4.69, 9.17) is 0 Å². The van der Waals surface area contributed by atoms with Gasteiger partial charge in [-0.2, -0.15) is 0 Å². The van der Waals surface area contributed by atoms with Crippen LogP contribution in [0.2, 0.25) is 0 Å². The van der Waals surface area contributed by atoms with E-state index in [1.165, 1.54) is 216 Å². The molecule has 2 heterocycles. The van der Waals surface area contributed by atoms with E-state index in [0.717, 1.165) is 25.9 Å². The van der Waals surface area contributed by atoms with Crippen LogP contribution in [0.4, 0.5) is 0 Å². The molecule has 6 aromatic carbocycles. The average molecular weight is 851 g/mol. The first-order valence-corrected chi connectivity index (χ1v) is 26.2. The highest BCUT2D eigenvalue weighted by molar-refractivity contribution is 6.09. The third kappa shape index (κ3) is 10.8. The number of benzene rings is 6. The van der Waals surface area contributed by atoms with Crippen LogP contribution in [0.15, 0.2) is 109 Å². The Morgan fingerprint density at radius 2 is 0.688 bits per heavy atom. The van der Waals surface area contributed by atoms with E-state index in [-0.39, 0.29) is 0 Å². The van der Waals surface area contributed by atoms with E-state index in [1.807, 2.05) is 0 Å². The molecule has 2 nitrogen and oxygen atoms in total. The molecule has 0 amide bonds. The Bertz CT molecular complexity index is 2600. The van der Waals surface area contributed by atoms with Crippen LogP contribution in [0.1, 0.15) is 164 Å². The zero-order valence-electron chi connectivity index (χ0n) is 40.3. The summed E-state index contributed by atoms with van der Waals surface area (Å²) in [6.07, 6.45) is 27.6. The molecule has 0 aliphatic rings. The summed E-state index contributed by atoms with van der Waals surface area (Å²) in [5, 5.41) is 8.52. The molecule has 64 heavy (non-hydrogen) atoms. The van der Waals surface area contributed by atoms with Crippen LogP contribution in [0, 0.1) is 0 Å². The summed E-state index contributed by atoms with van der Waals surface area (Å²) < 4.78 is 5.31. The summed E-state index contributed by atoms with van der Waals surface area (Å²) in [4.78, 5) is 0. The minimum absolute atomic E-state index is 0.962. The van der Waals surface area contributed by atoms with Gasteiger partial charge in [-0.15, -0.1) is 0 Å². The summed E-state index contributed by atoms with van der Waals surface area (Å²) in [7, 11) is 0. The lowest BCUT2D eigenvalue weighted by Crippen LogP contribution is -2.07. The van der Waals surface area contributed by atoms with Crippen LogP contribution < -0.4 is 0 Å². The molecule has 0 spiro atoms. The Balaban J connectivity index is 1.12. The summed E-state index contributed by atoms with van der Waals surface area (Å²) in [5.41, 5.74) is 14.5. The van der Waals surface area contributed by atoms with Gasteiger partial charge in [-0.3, -0.25) is 0 Å². The molecule has 0 atom stereocenters. The van der Waals surface area contributed by atoms with Crippen molar-refractivity contribution in [1.82, 2.24) is 9.13 Å². The molecule has 0 fully saturated rings. The first-order chi connectivity index (χ1) is 31.6. The van der Waals surface area contributed by atoms with Gasteiger partial charge in [0.2, 0.25) is 0 Å². The third-order valence-corrected chi connectivity index (χ3v) is 14.6. The first kappa shape index (κ1) is 45.7. The average Bonchev–Trinajstić information content (AvgIpc) is 3.80. The molecule has 2 heteroatoms. The normalized spacial score (nSPS) is 12.0. The van der Waals surface area contributed by atoms with Gasteiger partial charge in [-0.1, -0.05) is 165 Å². The van der Waals surface area contributed by atoms with E-state index >= 15 is 0 Å². The quantitative estimate of drug-likeness (QED) is 0.0481. The lowest BCUT2D eigenvalue weighted by Gasteiger charge is -2.16. The van der Waals surface area contributed by atoms with E-state index < -0.39 is 0 Å². The van der Waals surface area contributed by atoms with E-state index in [1.54, 1.807) is 0 Å². The van der Waals surface area contributed by atoms with Gasteiger partial charge < -0.3 is 9.13 Å². The van der Waals surface area contributed by atoms with Gasteiger partial charge in [0.1, 0.15) is 0 Å². The van der Waals surface area contributed by atoms with Crippen LogP contribution in [-0.2, 0) is 51.6 Å². The third-order valence-electron chi connectivity index (χ3n) is 14.6. The summed E-state index contributed by atoms with van der Waals surface area (Å²) in [6.45, 7) is 11.2. The SMILES string of the molecule is CCCCCCc1ccc2c(c1)c1cc(CCCCCC)ccc1n2CCc1ccc2ccccc2c1CCn1c2ccc(CCCCCC)cc2c2cc(CCCCCC)ccc21. The van der Waals surface area contributed by atoms with Crippen LogP contribution in [0.5, 0.6) is 0 Å². The second-order valence-electron chi connectivity index (χ2n) is 19.4. The predicted octanol–water partition coefficient (Wildman–Crippen LogP) is 18.0. The molecule has 0 saturated carbocycles. The van der Waals surface area contributed by atoms with Crippen molar-refractivity contribution in [2.45, 2.75) is 182 Å². The predicted molar refractivity (Wildman–Crippen MR) is 282 cm³/mol. The number of fused-ring (bicyclic) bond motifs is 7. The van der Waals surface area contributed by atoms with Crippen molar-refractivity contribution in [3.8, 4) is 0 Å². The summed E-state index contributed by atoms with van der Waals surface area (Å²) in [6, 6.07) is 43.6. The number of hydrogen-bond acceptors (Lipinski definition) is 0. The minimum atomic E-state index is 0.962. The Kier molecular flexibility index (Phi) is 16.4. The molecule has 0 bridgehead atoms. The Morgan fingerprint density at radius 1 is 0.312 bits per heavy atom. The van der Waals surface area contributed by atoms with Gasteiger partial charge in [0.15, 0.2) is 0 Å². The topological polar surface area (TPSA) is 9.86 Å². The number of rotatable bonds is 26. The maximum atomic E-state index is 2.66. The molecule has 336 valence electrons. The zero-order valence-corrected chi connectivity index (χ0v) is 40.3. The summed E-state index contributed by atoms with van der Waals surface area (Å²) >= 11 is 0. The maximum absolute atomic E-state index is 2.66. The van der Waals surface area contributed by atoms with Crippen molar-refractivity contribution in [3.63, 3.8) is 0 Å². The van der Waals surface area contributed by atoms with Crippen molar-refractivity contribution in [3.05, 3.63) is 143 Å². The minimum Gasteiger partial charge on any atom is -0.340 e. The van der Waals surface area contributed by atoms with Crippen molar-refractivity contribution in [2.75, 3.05) is 0 Å². The highest BCUT2D eigenvalue weighted by Gasteiger charge is 2.17. The van der Waals surface area contributed by atoms with Gasteiger partial charge >= 0.3 is 0 Å². The molecule has 8 aromatic rings. The van der Waals surface area contributed by atoms with Gasteiger partial charge in [0.25, 0.3) is 0 Å². The molecule has 0 unspecified atom stereocenters. The van der Waals surface area contributed by atoms with E-state index in [9.17, 15) is 0 Å². The fourth-order valence-corrected chi connectivity index (χ4v) is 10.9. The second kappa shape index (κ2) is 22.9.